The van der Waals surface area contributed by atoms with Crippen LogP contribution in [-0.4, -0.2) is 17.9 Å². The Morgan fingerprint density at radius 3 is 2.32 bits per heavy atom. The lowest BCUT2D eigenvalue weighted by Gasteiger charge is -2.07. The Kier molecular flexibility index (Phi) is 6.14. The number of carbonyl (C=O) groups is 1. The van der Waals surface area contributed by atoms with Crippen molar-refractivity contribution in [1.29, 1.82) is 0 Å². The lowest BCUT2D eigenvalue weighted by molar-refractivity contribution is 0.104. The molecule has 0 aliphatic heterocycles. The van der Waals surface area contributed by atoms with Gasteiger partial charge in [-0.05, 0) is 54.1 Å². The van der Waals surface area contributed by atoms with E-state index < -0.39 is 0 Å². The SMILES string of the molecule is COc1ccc(C(=O)c2sc(Nc3ccc(OCc4ccccc4)cc3)nc2N)cc1. The van der Waals surface area contributed by atoms with Crippen molar-refractivity contribution in [3.63, 3.8) is 0 Å². The summed E-state index contributed by atoms with van der Waals surface area (Å²) in [7, 11) is 1.58. The molecule has 0 bridgehead atoms. The molecule has 4 rings (SSSR count). The van der Waals surface area contributed by atoms with Gasteiger partial charge in [0.1, 0.15) is 28.8 Å². The smallest absolute Gasteiger partial charge is 0.206 e. The van der Waals surface area contributed by atoms with Crippen molar-refractivity contribution in [2.24, 2.45) is 0 Å². The molecule has 0 saturated carbocycles. The number of anilines is 3. The Labute approximate surface area is 184 Å². The molecule has 3 N–H and O–H groups in total. The van der Waals surface area contributed by atoms with Gasteiger partial charge in [0.05, 0.1) is 7.11 Å². The Bertz CT molecular complexity index is 1160. The van der Waals surface area contributed by atoms with E-state index in [2.05, 4.69) is 10.3 Å². The number of carbonyl (C=O) groups excluding carboxylic acids is 1. The average Bonchev–Trinajstić information content (AvgIpc) is 3.18. The fraction of sp³-hybridized carbons (Fsp3) is 0.0833. The first-order valence-electron chi connectivity index (χ1n) is 9.61. The Morgan fingerprint density at radius 2 is 1.65 bits per heavy atom. The molecule has 7 heteroatoms. The number of nitrogens with two attached hydrogens (primary N) is 1. The summed E-state index contributed by atoms with van der Waals surface area (Å²) >= 11 is 1.22. The van der Waals surface area contributed by atoms with Gasteiger partial charge < -0.3 is 20.5 Å². The number of ketones is 1. The number of nitrogens with zero attached hydrogens (tertiary/aromatic N) is 1. The Morgan fingerprint density at radius 1 is 0.968 bits per heavy atom. The van der Waals surface area contributed by atoms with E-state index in [4.69, 9.17) is 15.2 Å². The second kappa shape index (κ2) is 9.32. The van der Waals surface area contributed by atoms with Gasteiger partial charge in [-0.25, -0.2) is 4.98 Å². The zero-order valence-electron chi connectivity index (χ0n) is 16.9. The maximum atomic E-state index is 12.8. The number of aromatic nitrogens is 1. The number of thiazole rings is 1. The number of nitrogen functional groups attached to an aromatic ring is 1. The minimum atomic E-state index is -0.171. The van der Waals surface area contributed by atoms with E-state index in [0.29, 0.717) is 27.9 Å². The number of rotatable bonds is 8. The third-order valence-corrected chi connectivity index (χ3v) is 5.55. The average molecular weight is 432 g/mol. The molecule has 6 nitrogen and oxygen atoms in total. The number of hydrogen-bond donors (Lipinski definition) is 2. The highest BCUT2D eigenvalue weighted by molar-refractivity contribution is 7.18. The van der Waals surface area contributed by atoms with Gasteiger partial charge in [0.25, 0.3) is 0 Å². The van der Waals surface area contributed by atoms with Crippen LogP contribution in [0.3, 0.4) is 0 Å². The summed E-state index contributed by atoms with van der Waals surface area (Å²) in [6, 6.07) is 24.4. The van der Waals surface area contributed by atoms with Gasteiger partial charge >= 0.3 is 0 Å². The molecule has 31 heavy (non-hydrogen) atoms. The first-order chi connectivity index (χ1) is 15.1. The van der Waals surface area contributed by atoms with Crippen molar-refractivity contribution in [1.82, 2.24) is 4.98 Å². The highest BCUT2D eigenvalue weighted by atomic mass is 32.1. The summed E-state index contributed by atoms with van der Waals surface area (Å²) in [5, 5.41) is 3.74. The number of nitrogens with one attached hydrogen (secondary N) is 1. The van der Waals surface area contributed by atoms with Crippen LogP contribution < -0.4 is 20.5 Å². The van der Waals surface area contributed by atoms with E-state index in [1.165, 1.54) is 11.3 Å². The molecule has 0 unspecified atom stereocenters. The molecule has 4 aromatic rings. The summed E-state index contributed by atoms with van der Waals surface area (Å²) < 4.78 is 10.9. The minimum Gasteiger partial charge on any atom is -0.497 e. The first-order valence-corrected chi connectivity index (χ1v) is 10.4. The molecule has 0 atom stereocenters. The van der Waals surface area contributed by atoms with Crippen LogP contribution in [0.2, 0.25) is 0 Å². The molecular formula is C24H21N3O3S. The fourth-order valence-corrected chi connectivity index (χ4v) is 3.79. The molecule has 1 heterocycles. The van der Waals surface area contributed by atoms with Gasteiger partial charge in [-0.15, -0.1) is 0 Å². The molecule has 156 valence electrons. The van der Waals surface area contributed by atoms with Gasteiger partial charge in [-0.1, -0.05) is 41.7 Å². The van der Waals surface area contributed by atoms with E-state index in [1.54, 1.807) is 31.4 Å². The zero-order valence-corrected chi connectivity index (χ0v) is 17.7. The van der Waals surface area contributed by atoms with Crippen LogP contribution in [0.25, 0.3) is 0 Å². The highest BCUT2D eigenvalue weighted by Crippen LogP contribution is 2.30. The monoisotopic (exact) mass is 431 g/mol. The van der Waals surface area contributed by atoms with Crippen LogP contribution >= 0.6 is 11.3 Å². The van der Waals surface area contributed by atoms with Crippen molar-refractivity contribution in [2.75, 3.05) is 18.2 Å². The molecule has 0 aliphatic rings. The van der Waals surface area contributed by atoms with Crippen LogP contribution in [0, 0.1) is 0 Å². The maximum absolute atomic E-state index is 12.8. The largest absolute Gasteiger partial charge is 0.497 e. The molecule has 1 aromatic heterocycles. The van der Waals surface area contributed by atoms with Crippen molar-refractivity contribution in [2.45, 2.75) is 6.61 Å². The quantitative estimate of drug-likeness (QED) is 0.369. The second-order valence-electron chi connectivity index (χ2n) is 6.71. The van der Waals surface area contributed by atoms with E-state index in [1.807, 2.05) is 54.6 Å². The highest BCUT2D eigenvalue weighted by Gasteiger charge is 2.18. The molecule has 0 amide bonds. The van der Waals surface area contributed by atoms with Crippen molar-refractivity contribution < 1.29 is 14.3 Å². The van der Waals surface area contributed by atoms with Gasteiger partial charge in [-0.3, -0.25) is 4.79 Å². The molecule has 0 saturated heterocycles. The van der Waals surface area contributed by atoms with Crippen LogP contribution in [0.4, 0.5) is 16.6 Å². The predicted octanol–water partition coefficient (Wildman–Crippen LogP) is 5.29. The summed E-state index contributed by atoms with van der Waals surface area (Å²) in [5.41, 5.74) is 8.46. The molecule has 3 aromatic carbocycles. The number of hydrogen-bond acceptors (Lipinski definition) is 7. The van der Waals surface area contributed by atoms with Crippen LogP contribution in [-0.2, 0) is 6.61 Å². The molecule has 0 fully saturated rings. The van der Waals surface area contributed by atoms with Gasteiger partial charge in [-0.2, -0.15) is 0 Å². The van der Waals surface area contributed by atoms with Crippen LogP contribution in [0.5, 0.6) is 11.5 Å². The lowest BCUT2D eigenvalue weighted by Crippen LogP contribution is -2.02. The van der Waals surface area contributed by atoms with Crippen LogP contribution in [0.1, 0.15) is 20.8 Å². The molecule has 0 spiro atoms. The van der Waals surface area contributed by atoms with Gasteiger partial charge in [0.2, 0.25) is 5.78 Å². The minimum absolute atomic E-state index is 0.171. The fourth-order valence-electron chi connectivity index (χ4n) is 2.92. The number of methoxy groups -OCH3 is 1. The van der Waals surface area contributed by atoms with E-state index in [0.717, 1.165) is 17.0 Å². The summed E-state index contributed by atoms with van der Waals surface area (Å²) in [6.45, 7) is 0.507. The van der Waals surface area contributed by atoms with Gasteiger partial charge in [0, 0.05) is 11.3 Å². The number of benzene rings is 3. The second-order valence-corrected chi connectivity index (χ2v) is 7.71. The third kappa shape index (κ3) is 5.02. The lowest BCUT2D eigenvalue weighted by atomic mass is 10.1. The van der Waals surface area contributed by atoms with E-state index in [9.17, 15) is 4.79 Å². The normalized spacial score (nSPS) is 10.5. The van der Waals surface area contributed by atoms with E-state index in [-0.39, 0.29) is 11.6 Å². The number of ether oxygens (including phenoxy) is 2. The Hall–Kier alpha value is -3.84. The van der Waals surface area contributed by atoms with Crippen molar-refractivity contribution >= 4 is 33.8 Å². The van der Waals surface area contributed by atoms with Crippen LogP contribution in [0.15, 0.2) is 78.9 Å². The third-order valence-electron chi connectivity index (χ3n) is 4.57. The topological polar surface area (TPSA) is 86.5 Å². The van der Waals surface area contributed by atoms with E-state index >= 15 is 0 Å². The zero-order chi connectivity index (χ0) is 21.6. The van der Waals surface area contributed by atoms with Crippen molar-refractivity contribution in [3.8, 4) is 11.5 Å². The standard InChI is InChI=1S/C24H21N3O3S/c1-29-19-11-7-17(8-12-19)21(28)22-23(25)27-24(31-22)26-18-9-13-20(14-10-18)30-15-16-5-3-2-4-6-16/h2-14H,15,25H2,1H3,(H,26,27). The van der Waals surface area contributed by atoms with Gasteiger partial charge in [0.15, 0.2) is 5.13 Å². The molecule has 0 radical (unpaired) electrons. The maximum Gasteiger partial charge on any atom is 0.206 e. The summed E-state index contributed by atoms with van der Waals surface area (Å²) in [4.78, 5) is 17.5. The summed E-state index contributed by atoms with van der Waals surface area (Å²) in [6.07, 6.45) is 0. The molecular weight excluding hydrogens is 410 g/mol. The first kappa shape index (κ1) is 20.4. The summed E-state index contributed by atoms with van der Waals surface area (Å²) in [5.74, 6) is 1.49. The molecule has 0 aliphatic carbocycles. The predicted molar refractivity (Wildman–Crippen MR) is 123 cm³/mol. The van der Waals surface area contributed by atoms with Crippen molar-refractivity contribution in [3.05, 3.63) is 94.9 Å². The Balaban J connectivity index is 1.41.